The molecular formula is C8H10BO2. The molecule has 0 aliphatic carbocycles. The zero-order chi connectivity index (χ0) is 8.10. The number of benzene rings is 1. The highest BCUT2D eigenvalue weighted by Gasteiger charge is 1.99. The van der Waals surface area contributed by atoms with Gasteiger partial charge in [0, 0.05) is 7.11 Å². The Bertz CT molecular complexity index is 225. The van der Waals surface area contributed by atoms with E-state index < -0.39 is 0 Å². The molecule has 0 spiro atoms. The van der Waals surface area contributed by atoms with E-state index in [1.54, 1.807) is 7.11 Å². The number of methoxy groups -OCH3 is 1. The molecule has 0 unspecified atom stereocenters. The van der Waals surface area contributed by atoms with Crippen LogP contribution in [0.15, 0.2) is 24.3 Å². The van der Waals surface area contributed by atoms with Gasteiger partial charge >= 0.3 is 7.48 Å². The molecule has 0 bridgehead atoms. The zero-order valence-corrected chi connectivity index (χ0v) is 6.45. The topological polar surface area (TPSA) is 29.5 Å². The average Bonchev–Trinajstić information content (AvgIpc) is 2.06. The summed E-state index contributed by atoms with van der Waals surface area (Å²) in [4.78, 5) is 0. The summed E-state index contributed by atoms with van der Waals surface area (Å²) in [6.07, 6.45) is 0. The van der Waals surface area contributed by atoms with Crippen LogP contribution < -0.4 is 5.46 Å². The van der Waals surface area contributed by atoms with Gasteiger partial charge in [-0.05, 0) is 11.0 Å². The Morgan fingerprint density at radius 2 is 2.18 bits per heavy atom. The van der Waals surface area contributed by atoms with Crippen LogP contribution in [0.1, 0.15) is 5.56 Å². The molecule has 11 heavy (non-hydrogen) atoms. The van der Waals surface area contributed by atoms with E-state index in [-0.39, 0.29) is 0 Å². The Balaban J connectivity index is 2.83. The highest BCUT2D eigenvalue weighted by atomic mass is 16.5. The molecule has 0 amide bonds. The molecule has 0 saturated carbocycles. The van der Waals surface area contributed by atoms with Gasteiger partial charge in [-0.25, -0.2) is 0 Å². The van der Waals surface area contributed by atoms with Crippen molar-refractivity contribution in [1.29, 1.82) is 0 Å². The minimum absolute atomic E-state index is 0.535. The van der Waals surface area contributed by atoms with Crippen LogP contribution in [0.3, 0.4) is 0 Å². The van der Waals surface area contributed by atoms with E-state index in [2.05, 4.69) is 0 Å². The van der Waals surface area contributed by atoms with Crippen molar-refractivity contribution in [3.05, 3.63) is 29.8 Å². The largest absolute Gasteiger partial charge is 0.450 e. The molecule has 0 atom stereocenters. The van der Waals surface area contributed by atoms with Crippen LogP contribution >= 0.6 is 0 Å². The van der Waals surface area contributed by atoms with Crippen LogP contribution in [0, 0.1) is 0 Å². The lowest BCUT2D eigenvalue weighted by atomic mass is 9.85. The molecule has 1 rings (SSSR count). The van der Waals surface area contributed by atoms with Crippen molar-refractivity contribution in [2.24, 2.45) is 0 Å². The highest BCUT2D eigenvalue weighted by molar-refractivity contribution is 6.46. The average molecular weight is 149 g/mol. The smallest absolute Gasteiger partial charge is 0.327 e. The minimum atomic E-state index is 0.535. The van der Waals surface area contributed by atoms with Gasteiger partial charge in [0.25, 0.3) is 0 Å². The maximum Gasteiger partial charge on any atom is 0.327 e. The van der Waals surface area contributed by atoms with Crippen LogP contribution in [-0.2, 0) is 11.3 Å². The summed E-state index contributed by atoms with van der Waals surface area (Å²) in [5.41, 5.74) is 1.81. The van der Waals surface area contributed by atoms with Gasteiger partial charge < -0.3 is 9.76 Å². The number of hydrogen-bond donors (Lipinski definition) is 1. The van der Waals surface area contributed by atoms with E-state index in [1.807, 2.05) is 24.3 Å². The van der Waals surface area contributed by atoms with Gasteiger partial charge in [-0.3, -0.25) is 0 Å². The number of ether oxygens (including phenoxy) is 1. The SMILES string of the molecule is COCc1ccccc1[B]O. The third kappa shape index (κ3) is 2.07. The Hall–Kier alpha value is -0.795. The van der Waals surface area contributed by atoms with Crippen molar-refractivity contribution in [2.75, 3.05) is 7.11 Å². The number of rotatable bonds is 3. The Labute approximate surface area is 67.1 Å². The maximum absolute atomic E-state index is 8.76. The van der Waals surface area contributed by atoms with Crippen molar-refractivity contribution in [2.45, 2.75) is 6.61 Å². The Morgan fingerprint density at radius 1 is 1.45 bits per heavy atom. The lowest BCUT2D eigenvalue weighted by molar-refractivity contribution is 0.185. The first-order valence-electron chi connectivity index (χ1n) is 3.42. The normalized spacial score (nSPS) is 9.64. The predicted molar refractivity (Wildman–Crippen MR) is 44.8 cm³/mol. The van der Waals surface area contributed by atoms with Gasteiger partial charge in [0.2, 0.25) is 0 Å². The molecule has 0 aliphatic rings. The van der Waals surface area contributed by atoms with Gasteiger partial charge in [-0.1, -0.05) is 24.3 Å². The summed E-state index contributed by atoms with van der Waals surface area (Å²) in [6, 6.07) is 7.56. The molecule has 1 radical (unpaired) electrons. The molecule has 0 saturated heterocycles. The van der Waals surface area contributed by atoms with Crippen molar-refractivity contribution in [3.8, 4) is 0 Å². The van der Waals surface area contributed by atoms with Crippen LogP contribution in [0.5, 0.6) is 0 Å². The molecule has 1 aromatic rings. The molecule has 0 aromatic heterocycles. The fourth-order valence-corrected chi connectivity index (χ4v) is 0.947. The second-order valence-electron chi connectivity index (χ2n) is 2.26. The van der Waals surface area contributed by atoms with Gasteiger partial charge in [0.1, 0.15) is 0 Å². The zero-order valence-electron chi connectivity index (χ0n) is 6.45. The summed E-state index contributed by atoms with van der Waals surface area (Å²) in [5.74, 6) is 0. The second kappa shape index (κ2) is 4.16. The first kappa shape index (κ1) is 8.30. The van der Waals surface area contributed by atoms with E-state index in [1.165, 1.54) is 0 Å². The second-order valence-corrected chi connectivity index (χ2v) is 2.26. The molecule has 1 aromatic carbocycles. The fourth-order valence-electron chi connectivity index (χ4n) is 0.947. The van der Waals surface area contributed by atoms with E-state index >= 15 is 0 Å². The summed E-state index contributed by atoms with van der Waals surface area (Å²) >= 11 is 0. The minimum Gasteiger partial charge on any atom is -0.450 e. The van der Waals surface area contributed by atoms with E-state index in [0.717, 1.165) is 18.5 Å². The molecule has 0 heterocycles. The van der Waals surface area contributed by atoms with Gasteiger partial charge in [-0.15, -0.1) is 0 Å². The highest BCUT2D eigenvalue weighted by Crippen LogP contribution is 1.96. The number of hydrogen-bond acceptors (Lipinski definition) is 2. The molecule has 3 heteroatoms. The predicted octanol–water partition coefficient (Wildman–Crippen LogP) is 0.0698. The maximum atomic E-state index is 8.76. The molecule has 57 valence electrons. The third-order valence-electron chi connectivity index (χ3n) is 1.49. The summed E-state index contributed by atoms with van der Waals surface area (Å²) in [7, 11) is 2.72. The molecule has 0 fully saturated rings. The van der Waals surface area contributed by atoms with E-state index in [0.29, 0.717) is 6.61 Å². The summed E-state index contributed by atoms with van der Waals surface area (Å²) in [6.45, 7) is 0.535. The van der Waals surface area contributed by atoms with Crippen molar-refractivity contribution < 1.29 is 9.76 Å². The Kier molecular flexibility index (Phi) is 3.14. The lowest BCUT2D eigenvalue weighted by Crippen LogP contribution is -2.18. The monoisotopic (exact) mass is 149 g/mol. The first-order chi connectivity index (χ1) is 5.38. The summed E-state index contributed by atoms with van der Waals surface area (Å²) < 4.78 is 4.94. The van der Waals surface area contributed by atoms with Crippen molar-refractivity contribution >= 4 is 12.9 Å². The standard InChI is InChI=1S/C8H10BO2/c1-11-6-7-4-2-3-5-8(7)9-10/h2-5,10H,6H2,1H3. The van der Waals surface area contributed by atoms with Crippen LogP contribution in [-0.4, -0.2) is 19.6 Å². The van der Waals surface area contributed by atoms with E-state index in [4.69, 9.17) is 9.76 Å². The van der Waals surface area contributed by atoms with Crippen LogP contribution in [0.25, 0.3) is 0 Å². The third-order valence-corrected chi connectivity index (χ3v) is 1.49. The Morgan fingerprint density at radius 3 is 2.82 bits per heavy atom. The first-order valence-corrected chi connectivity index (χ1v) is 3.42. The van der Waals surface area contributed by atoms with Gasteiger partial charge in [0.15, 0.2) is 0 Å². The van der Waals surface area contributed by atoms with Gasteiger partial charge in [0.05, 0.1) is 6.61 Å². The molecule has 2 nitrogen and oxygen atoms in total. The van der Waals surface area contributed by atoms with E-state index in [9.17, 15) is 0 Å². The van der Waals surface area contributed by atoms with Crippen molar-refractivity contribution in [3.63, 3.8) is 0 Å². The van der Waals surface area contributed by atoms with Crippen molar-refractivity contribution in [1.82, 2.24) is 0 Å². The fraction of sp³-hybridized carbons (Fsp3) is 0.250. The lowest BCUT2D eigenvalue weighted by Gasteiger charge is -2.03. The van der Waals surface area contributed by atoms with Crippen LogP contribution in [0.4, 0.5) is 0 Å². The molecule has 1 N–H and O–H groups in total. The molecule has 0 aliphatic heterocycles. The molecular weight excluding hydrogens is 139 g/mol. The summed E-state index contributed by atoms with van der Waals surface area (Å²) in [5, 5.41) is 8.76. The quantitative estimate of drug-likeness (QED) is 0.616. The van der Waals surface area contributed by atoms with Crippen LogP contribution in [0.2, 0.25) is 0 Å². The van der Waals surface area contributed by atoms with Gasteiger partial charge in [-0.2, -0.15) is 0 Å².